The molecule has 0 aliphatic carbocycles. The van der Waals surface area contributed by atoms with Gasteiger partial charge in [0.2, 0.25) is 5.91 Å². The number of rotatable bonds is 7. The fraction of sp³-hybridized carbons (Fsp3) is 0.733. The quantitative estimate of drug-likeness (QED) is 0.822. The Bertz CT molecular complexity index is 435. The van der Waals surface area contributed by atoms with Crippen LogP contribution in [-0.2, 0) is 11.2 Å². The summed E-state index contributed by atoms with van der Waals surface area (Å²) in [4.78, 5) is 15.8. The number of aromatic amines is 1. The maximum atomic E-state index is 11.5. The summed E-state index contributed by atoms with van der Waals surface area (Å²) >= 11 is 0. The normalized spacial score (nSPS) is 15.6. The van der Waals surface area contributed by atoms with E-state index in [9.17, 15) is 4.79 Å². The number of carbonyl (C=O) groups excluding carboxylic acids is 1. The van der Waals surface area contributed by atoms with Crippen molar-refractivity contribution < 1.29 is 4.79 Å². The van der Waals surface area contributed by atoms with Crippen LogP contribution in [0.5, 0.6) is 0 Å². The molecule has 1 saturated heterocycles. The number of likely N-dealkylation sites (N-methyl/N-ethyl adjacent to an activating group) is 1. The topological polar surface area (TPSA) is 52.2 Å². The fourth-order valence-electron chi connectivity index (χ4n) is 2.81. The summed E-state index contributed by atoms with van der Waals surface area (Å²) in [7, 11) is 2.13. The zero-order valence-corrected chi connectivity index (χ0v) is 12.9. The zero-order chi connectivity index (χ0) is 14.5. The van der Waals surface area contributed by atoms with E-state index in [1.54, 1.807) is 0 Å². The van der Waals surface area contributed by atoms with Crippen LogP contribution in [0.1, 0.15) is 36.2 Å². The number of carbonyl (C=O) groups is 1. The molecule has 0 bridgehead atoms. The van der Waals surface area contributed by atoms with Gasteiger partial charge in [-0.2, -0.15) is 5.10 Å². The van der Waals surface area contributed by atoms with E-state index in [2.05, 4.69) is 36.0 Å². The van der Waals surface area contributed by atoms with Gasteiger partial charge >= 0.3 is 0 Å². The van der Waals surface area contributed by atoms with E-state index in [4.69, 9.17) is 0 Å². The lowest BCUT2D eigenvalue weighted by molar-refractivity contribution is -0.127. The van der Waals surface area contributed by atoms with Crippen LogP contribution < -0.4 is 0 Å². The molecule has 1 N–H and O–H groups in total. The van der Waals surface area contributed by atoms with E-state index in [1.165, 1.54) is 11.3 Å². The van der Waals surface area contributed by atoms with Crippen molar-refractivity contribution in [3.63, 3.8) is 0 Å². The Hall–Kier alpha value is -1.36. The Labute approximate surface area is 121 Å². The molecule has 1 aliphatic rings. The first-order chi connectivity index (χ1) is 9.58. The molecule has 1 aromatic rings. The molecule has 112 valence electrons. The first-order valence-electron chi connectivity index (χ1n) is 7.54. The van der Waals surface area contributed by atoms with Crippen molar-refractivity contribution in [2.75, 3.05) is 33.2 Å². The minimum atomic E-state index is 0.322. The molecule has 20 heavy (non-hydrogen) atoms. The number of hydrogen-bond acceptors (Lipinski definition) is 3. The molecule has 1 aliphatic heterocycles. The molecule has 0 radical (unpaired) electrons. The van der Waals surface area contributed by atoms with Crippen LogP contribution in [0.3, 0.4) is 0 Å². The molecular weight excluding hydrogens is 252 g/mol. The molecule has 5 nitrogen and oxygen atoms in total. The summed E-state index contributed by atoms with van der Waals surface area (Å²) in [6.45, 7) is 7.99. The molecule has 0 spiro atoms. The van der Waals surface area contributed by atoms with E-state index in [1.807, 2.05) is 4.90 Å². The summed E-state index contributed by atoms with van der Waals surface area (Å²) in [6, 6.07) is 0. The van der Waals surface area contributed by atoms with Crippen molar-refractivity contribution in [1.29, 1.82) is 0 Å². The average Bonchev–Trinajstić information content (AvgIpc) is 2.96. The highest BCUT2D eigenvalue weighted by Gasteiger charge is 2.19. The number of aromatic nitrogens is 2. The maximum Gasteiger partial charge on any atom is 0.222 e. The van der Waals surface area contributed by atoms with E-state index in [0.717, 1.165) is 57.6 Å². The SMILES string of the molecule is Cc1n[nH]c(C)c1CCCN(C)CCN1CCCC1=O. The van der Waals surface area contributed by atoms with E-state index < -0.39 is 0 Å². The predicted octanol–water partition coefficient (Wildman–Crippen LogP) is 1.51. The molecule has 0 saturated carbocycles. The first-order valence-corrected chi connectivity index (χ1v) is 7.54. The number of likely N-dealkylation sites (tertiary alicyclic amines) is 1. The van der Waals surface area contributed by atoms with Gasteiger partial charge in [-0.3, -0.25) is 9.89 Å². The van der Waals surface area contributed by atoms with Crippen molar-refractivity contribution in [3.05, 3.63) is 17.0 Å². The van der Waals surface area contributed by atoms with Gasteiger partial charge in [-0.15, -0.1) is 0 Å². The van der Waals surface area contributed by atoms with Crippen LogP contribution >= 0.6 is 0 Å². The monoisotopic (exact) mass is 278 g/mol. The smallest absolute Gasteiger partial charge is 0.222 e. The fourth-order valence-corrected chi connectivity index (χ4v) is 2.81. The third-order valence-corrected chi connectivity index (χ3v) is 4.17. The van der Waals surface area contributed by atoms with Gasteiger partial charge in [0.15, 0.2) is 0 Å². The lowest BCUT2D eigenvalue weighted by Gasteiger charge is -2.21. The van der Waals surface area contributed by atoms with Gasteiger partial charge in [0.05, 0.1) is 5.69 Å². The average molecular weight is 278 g/mol. The number of aryl methyl sites for hydroxylation is 2. The highest BCUT2D eigenvalue weighted by Crippen LogP contribution is 2.12. The van der Waals surface area contributed by atoms with Crippen molar-refractivity contribution in [2.45, 2.75) is 39.5 Å². The van der Waals surface area contributed by atoms with Gasteiger partial charge in [0.25, 0.3) is 0 Å². The number of amides is 1. The summed E-state index contributed by atoms with van der Waals surface area (Å²) in [5.74, 6) is 0.322. The van der Waals surface area contributed by atoms with E-state index >= 15 is 0 Å². The molecule has 0 atom stereocenters. The Morgan fingerprint density at radius 1 is 1.35 bits per heavy atom. The van der Waals surface area contributed by atoms with Crippen LogP contribution in [0.2, 0.25) is 0 Å². The first kappa shape index (κ1) is 15.0. The minimum absolute atomic E-state index is 0.322. The van der Waals surface area contributed by atoms with Crippen molar-refractivity contribution >= 4 is 5.91 Å². The third-order valence-electron chi connectivity index (χ3n) is 4.17. The number of H-pyrrole nitrogens is 1. The lowest BCUT2D eigenvalue weighted by atomic mass is 10.1. The van der Waals surface area contributed by atoms with E-state index in [0.29, 0.717) is 5.91 Å². The van der Waals surface area contributed by atoms with E-state index in [-0.39, 0.29) is 0 Å². The van der Waals surface area contributed by atoms with Gasteiger partial charge in [-0.05, 0) is 52.3 Å². The van der Waals surface area contributed by atoms with Crippen molar-refractivity contribution in [1.82, 2.24) is 20.0 Å². The summed E-state index contributed by atoms with van der Waals surface area (Å²) in [6.07, 6.45) is 3.97. The van der Waals surface area contributed by atoms with Crippen molar-refractivity contribution in [2.24, 2.45) is 0 Å². The molecule has 1 aromatic heterocycles. The molecule has 5 heteroatoms. The lowest BCUT2D eigenvalue weighted by Crippen LogP contribution is -2.34. The summed E-state index contributed by atoms with van der Waals surface area (Å²) in [5.41, 5.74) is 3.66. The van der Waals surface area contributed by atoms with Gasteiger partial charge in [-0.1, -0.05) is 0 Å². The van der Waals surface area contributed by atoms with Crippen LogP contribution in [0.25, 0.3) is 0 Å². The van der Waals surface area contributed by atoms with Crippen LogP contribution in [0.15, 0.2) is 0 Å². The highest BCUT2D eigenvalue weighted by molar-refractivity contribution is 5.78. The zero-order valence-electron chi connectivity index (χ0n) is 12.9. The van der Waals surface area contributed by atoms with Crippen LogP contribution in [0, 0.1) is 13.8 Å². The predicted molar refractivity (Wildman–Crippen MR) is 79.7 cm³/mol. The van der Waals surface area contributed by atoms with Gasteiger partial charge in [0, 0.05) is 31.7 Å². The number of nitrogens with one attached hydrogen (secondary N) is 1. The molecule has 2 heterocycles. The summed E-state index contributed by atoms with van der Waals surface area (Å²) in [5, 5.41) is 7.26. The third kappa shape index (κ3) is 3.82. The second-order valence-electron chi connectivity index (χ2n) is 5.80. The molecule has 1 amide bonds. The summed E-state index contributed by atoms with van der Waals surface area (Å²) < 4.78 is 0. The second kappa shape index (κ2) is 6.88. The Kier molecular flexibility index (Phi) is 5.17. The maximum absolute atomic E-state index is 11.5. The molecule has 0 unspecified atom stereocenters. The Morgan fingerprint density at radius 2 is 2.15 bits per heavy atom. The standard InChI is InChI=1S/C15H26N4O/c1-12-14(13(2)17-16-12)6-4-8-18(3)10-11-19-9-5-7-15(19)20/h4-11H2,1-3H3,(H,16,17). The minimum Gasteiger partial charge on any atom is -0.341 e. The van der Waals surface area contributed by atoms with Crippen LogP contribution in [0.4, 0.5) is 0 Å². The van der Waals surface area contributed by atoms with Gasteiger partial charge < -0.3 is 9.80 Å². The largest absolute Gasteiger partial charge is 0.341 e. The Morgan fingerprint density at radius 3 is 2.75 bits per heavy atom. The molecule has 2 rings (SSSR count). The van der Waals surface area contributed by atoms with Gasteiger partial charge in [0.1, 0.15) is 0 Å². The van der Waals surface area contributed by atoms with Crippen LogP contribution in [-0.4, -0.2) is 59.1 Å². The molecule has 0 aromatic carbocycles. The Balaban J connectivity index is 1.65. The second-order valence-corrected chi connectivity index (χ2v) is 5.80. The molecule has 1 fully saturated rings. The van der Waals surface area contributed by atoms with Gasteiger partial charge in [-0.25, -0.2) is 0 Å². The molecular formula is C15H26N4O. The van der Waals surface area contributed by atoms with Crippen molar-refractivity contribution in [3.8, 4) is 0 Å². The number of nitrogens with zero attached hydrogens (tertiary/aromatic N) is 3. The highest BCUT2D eigenvalue weighted by atomic mass is 16.2. The number of hydrogen-bond donors (Lipinski definition) is 1.